The van der Waals surface area contributed by atoms with Gasteiger partial charge in [0.05, 0.1) is 5.39 Å². The maximum atomic E-state index is 6.28. The Labute approximate surface area is 109 Å². The van der Waals surface area contributed by atoms with Crippen LogP contribution in [0.5, 0.6) is 0 Å². The van der Waals surface area contributed by atoms with E-state index in [1.807, 2.05) is 0 Å². The lowest BCUT2D eigenvalue weighted by Gasteiger charge is -2.10. The second-order valence-electron chi connectivity index (χ2n) is 4.25. The highest BCUT2D eigenvalue weighted by molar-refractivity contribution is 7.19. The molecule has 0 fully saturated rings. The number of hydrogen-bond donors (Lipinski definition) is 0. The average Bonchev–Trinajstić information content (AvgIpc) is 2.67. The molecule has 0 spiro atoms. The predicted molar refractivity (Wildman–Crippen MR) is 69.8 cm³/mol. The van der Waals surface area contributed by atoms with Gasteiger partial charge in [0, 0.05) is 12.0 Å². The van der Waals surface area contributed by atoms with Crippen LogP contribution in [0.4, 0.5) is 0 Å². The number of nitrogens with zero attached hydrogens (tertiary/aromatic N) is 2. The molecule has 3 rings (SSSR count). The first-order chi connectivity index (χ1) is 8.29. The Balaban J connectivity index is 2.19. The molecule has 0 aliphatic heterocycles. The van der Waals surface area contributed by atoms with Crippen LogP contribution in [-0.2, 0) is 24.2 Å². The van der Waals surface area contributed by atoms with Crippen molar-refractivity contribution in [1.82, 2.24) is 9.97 Å². The molecule has 1 aliphatic carbocycles. The fourth-order valence-electron chi connectivity index (χ4n) is 2.35. The number of hydrogen-bond acceptors (Lipinski definition) is 4. The van der Waals surface area contributed by atoms with Crippen LogP contribution in [0.25, 0.3) is 10.2 Å². The van der Waals surface area contributed by atoms with Crippen molar-refractivity contribution in [3.8, 4) is 0 Å². The van der Waals surface area contributed by atoms with Crippen LogP contribution >= 0.6 is 22.9 Å². The maximum Gasteiger partial charge on any atom is 0.157 e. The third-order valence-electron chi connectivity index (χ3n) is 3.09. The van der Waals surface area contributed by atoms with Crippen molar-refractivity contribution >= 4 is 33.2 Å². The smallest absolute Gasteiger partial charge is 0.157 e. The van der Waals surface area contributed by atoms with E-state index < -0.39 is 0 Å². The van der Waals surface area contributed by atoms with Gasteiger partial charge in [-0.15, -0.1) is 11.3 Å². The van der Waals surface area contributed by atoms with E-state index in [2.05, 4.69) is 9.97 Å². The molecule has 0 aromatic carbocycles. The number of ether oxygens (including phenoxy) is 1. The Morgan fingerprint density at radius 2 is 2.12 bits per heavy atom. The van der Waals surface area contributed by atoms with Crippen LogP contribution in [0.1, 0.15) is 29.1 Å². The van der Waals surface area contributed by atoms with Gasteiger partial charge in [0.15, 0.2) is 5.82 Å². The van der Waals surface area contributed by atoms with Gasteiger partial charge in [-0.1, -0.05) is 11.6 Å². The minimum atomic E-state index is 0.415. The Kier molecular flexibility index (Phi) is 3.03. The van der Waals surface area contributed by atoms with E-state index in [-0.39, 0.29) is 0 Å². The summed E-state index contributed by atoms with van der Waals surface area (Å²) in [5, 5.41) is 1.66. The van der Waals surface area contributed by atoms with Crippen LogP contribution in [0.2, 0.25) is 5.15 Å². The lowest BCUT2D eigenvalue weighted by molar-refractivity contribution is 0.178. The van der Waals surface area contributed by atoms with Crippen molar-refractivity contribution in [2.24, 2.45) is 0 Å². The molecule has 2 aromatic rings. The van der Waals surface area contributed by atoms with E-state index >= 15 is 0 Å². The van der Waals surface area contributed by atoms with Crippen LogP contribution < -0.4 is 0 Å². The molecule has 90 valence electrons. The van der Waals surface area contributed by atoms with E-state index in [9.17, 15) is 0 Å². The van der Waals surface area contributed by atoms with Gasteiger partial charge in [-0.2, -0.15) is 0 Å². The summed E-state index contributed by atoms with van der Waals surface area (Å²) in [5.74, 6) is 0.670. The number of methoxy groups -OCH3 is 1. The summed E-state index contributed by atoms with van der Waals surface area (Å²) in [7, 11) is 1.64. The van der Waals surface area contributed by atoms with E-state index in [4.69, 9.17) is 16.3 Å². The third kappa shape index (κ3) is 1.94. The fourth-order valence-corrected chi connectivity index (χ4v) is 3.99. The molecule has 0 atom stereocenters. The molecular formula is C12H13ClN2OS. The first-order valence-corrected chi connectivity index (χ1v) is 6.94. The van der Waals surface area contributed by atoms with Gasteiger partial charge in [-0.25, -0.2) is 9.97 Å². The van der Waals surface area contributed by atoms with Crippen LogP contribution in [0, 0.1) is 0 Å². The van der Waals surface area contributed by atoms with Crippen LogP contribution in [0.3, 0.4) is 0 Å². The normalized spacial score (nSPS) is 15.2. The summed E-state index contributed by atoms with van der Waals surface area (Å²) in [4.78, 5) is 11.3. The van der Waals surface area contributed by atoms with Crippen molar-refractivity contribution < 1.29 is 4.74 Å². The van der Waals surface area contributed by atoms with Gasteiger partial charge in [-0.05, 0) is 31.2 Å². The summed E-state index contributed by atoms with van der Waals surface area (Å²) in [6.45, 7) is 0.415. The highest BCUT2D eigenvalue weighted by Gasteiger charge is 2.20. The van der Waals surface area contributed by atoms with Gasteiger partial charge in [0.25, 0.3) is 0 Å². The molecule has 2 aromatic heterocycles. The van der Waals surface area contributed by atoms with Crippen molar-refractivity contribution in [3.05, 3.63) is 21.4 Å². The number of halogens is 1. The molecule has 5 heteroatoms. The zero-order valence-corrected chi connectivity index (χ0v) is 11.2. The number of thiophene rings is 1. The molecule has 0 saturated heterocycles. The Hall–Kier alpha value is -0.710. The summed E-state index contributed by atoms with van der Waals surface area (Å²) in [6, 6.07) is 0. The van der Waals surface area contributed by atoms with Gasteiger partial charge in [0.2, 0.25) is 0 Å². The topological polar surface area (TPSA) is 35.0 Å². The standard InChI is InChI=1S/C12H13ClN2OS/c1-16-6-9-14-11(13)10-7-4-2-3-5-8(7)17-12(10)15-9/h2-6H2,1H3. The summed E-state index contributed by atoms with van der Waals surface area (Å²) in [5.41, 5.74) is 1.38. The molecule has 0 N–H and O–H groups in total. The molecule has 0 bridgehead atoms. The molecule has 0 unspecified atom stereocenters. The zero-order chi connectivity index (χ0) is 11.8. The number of aryl methyl sites for hydroxylation is 2. The summed E-state index contributed by atoms with van der Waals surface area (Å²) in [6.07, 6.45) is 4.79. The van der Waals surface area contributed by atoms with E-state index in [1.165, 1.54) is 23.3 Å². The van der Waals surface area contributed by atoms with Crippen molar-refractivity contribution in [1.29, 1.82) is 0 Å². The Morgan fingerprint density at radius 1 is 1.29 bits per heavy atom. The number of rotatable bonds is 2. The summed E-state index contributed by atoms with van der Waals surface area (Å²) < 4.78 is 5.05. The molecule has 1 aliphatic rings. The maximum absolute atomic E-state index is 6.28. The summed E-state index contributed by atoms with van der Waals surface area (Å²) >= 11 is 8.04. The van der Waals surface area contributed by atoms with E-state index in [0.717, 1.165) is 23.1 Å². The molecule has 3 nitrogen and oxygen atoms in total. The van der Waals surface area contributed by atoms with Crippen molar-refractivity contribution in [3.63, 3.8) is 0 Å². The predicted octanol–water partition coefficient (Wildman–Crippen LogP) is 3.37. The molecule has 2 heterocycles. The molecule has 0 amide bonds. The number of fused-ring (bicyclic) bond motifs is 3. The molecule has 17 heavy (non-hydrogen) atoms. The highest BCUT2D eigenvalue weighted by atomic mass is 35.5. The minimum Gasteiger partial charge on any atom is -0.377 e. The zero-order valence-electron chi connectivity index (χ0n) is 9.62. The van der Waals surface area contributed by atoms with Gasteiger partial charge < -0.3 is 4.74 Å². The lowest BCUT2D eigenvalue weighted by Crippen LogP contribution is -2.00. The molecule has 0 saturated carbocycles. The SMILES string of the molecule is COCc1nc(Cl)c2c3c(sc2n1)CCCC3. The second-order valence-corrected chi connectivity index (χ2v) is 5.70. The van der Waals surface area contributed by atoms with Gasteiger partial charge in [-0.3, -0.25) is 0 Å². The van der Waals surface area contributed by atoms with Gasteiger partial charge in [0.1, 0.15) is 16.6 Å². The van der Waals surface area contributed by atoms with Crippen molar-refractivity contribution in [2.75, 3.05) is 7.11 Å². The van der Waals surface area contributed by atoms with Crippen molar-refractivity contribution in [2.45, 2.75) is 32.3 Å². The minimum absolute atomic E-state index is 0.415. The Morgan fingerprint density at radius 3 is 2.94 bits per heavy atom. The lowest BCUT2D eigenvalue weighted by atomic mass is 9.97. The van der Waals surface area contributed by atoms with Crippen LogP contribution in [0.15, 0.2) is 0 Å². The molecule has 0 radical (unpaired) electrons. The fraction of sp³-hybridized carbons (Fsp3) is 0.500. The third-order valence-corrected chi connectivity index (χ3v) is 4.55. The van der Waals surface area contributed by atoms with E-state index in [0.29, 0.717) is 17.6 Å². The second kappa shape index (κ2) is 4.52. The average molecular weight is 269 g/mol. The first-order valence-electron chi connectivity index (χ1n) is 5.75. The van der Waals surface area contributed by atoms with Crippen LogP contribution in [-0.4, -0.2) is 17.1 Å². The molecular weight excluding hydrogens is 256 g/mol. The Bertz CT molecular complexity index is 567. The highest BCUT2D eigenvalue weighted by Crippen LogP contribution is 2.38. The monoisotopic (exact) mass is 268 g/mol. The van der Waals surface area contributed by atoms with Gasteiger partial charge >= 0.3 is 0 Å². The largest absolute Gasteiger partial charge is 0.377 e. The quantitative estimate of drug-likeness (QED) is 0.784. The first kappa shape index (κ1) is 11.4. The number of aromatic nitrogens is 2. The van der Waals surface area contributed by atoms with E-state index in [1.54, 1.807) is 18.4 Å².